The van der Waals surface area contributed by atoms with Crippen LogP contribution in [0.15, 0.2) is 34.1 Å². The second-order valence-corrected chi connectivity index (χ2v) is 13.5. The van der Waals surface area contributed by atoms with Crippen LogP contribution in [-0.4, -0.2) is 109 Å². The SMILES string of the molecule is CCCOc1ccc(S(=O)(=O)N2CCN(CCOC(=O)CCOCCCO[N+](=O)[O-])CC2)cc1-c1nc2c(CCC)cn(CC)c2c(=O)[nH]1. The zero-order chi connectivity index (χ0) is 35.4. The van der Waals surface area contributed by atoms with Gasteiger partial charge in [0.2, 0.25) is 10.0 Å². The van der Waals surface area contributed by atoms with Crippen molar-refractivity contribution >= 4 is 27.0 Å². The van der Waals surface area contributed by atoms with Crippen molar-refractivity contribution in [3.05, 3.63) is 50.4 Å². The topological polar surface area (TPSA) is 188 Å². The highest BCUT2D eigenvalue weighted by Crippen LogP contribution is 2.33. The lowest BCUT2D eigenvalue weighted by Gasteiger charge is -2.33. The molecule has 3 heterocycles. The second kappa shape index (κ2) is 18.1. The summed E-state index contributed by atoms with van der Waals surface area (Å²) in [5, 5.41) is 9.24. The number of aryl methyl sites for hydroxylation is 2. The van der Waals surface area contributed by atoms with E-state index >= 15 is 0 Å². The number of benzene rings is 1. The van der Waals surface area contributed by atoms with E-state index in [4.69, 9.17) is 19.2 Å². The molecule has 0 radical (unpaired) electrons. The molecule has 0 spiro atoms. The molecule has 0 bridgehead atoms. The highest BCUT2D eigenvalue weighted by Gasteiger charge is 2.30. The molecule has 1 fully saturated rings. The smallest absolute Gasteiger partial charge is 0.308 e. The van der Waals surface area contributed by atoms with Crippen LogP contribution in [0.25, 0.3) is 22.4 Å². The maximum absolute atomic E-state index is 13.8. The van der Waals surface area contributed by atoms with Gasteiger partial charge in [0.05, 0.1) is 42.2 Å². The lowest BCUT2D eigenvalue weighted by Crippen LogP contribution is -2.49. The largest absolute Gasteiger partial charge is 0.493 e. The lowest BCUT2D eigenvalue weighted by molar-refractivity contribution is -0.757. The normalized spacial score (nSPS) is 14.3. The van der Waals surface area contributed by atoms with E-state index in [9.17, 15) is 28.1 Å². The van der Waals surface area contributed by atoms with Gasteiger partial charge in [0, 0.05) is 52.1 Å². The molecule has 0 unspecified atom stereocenters. The van der Waals surface area contributed by atoms with Gasteiger partial charge in [-0.25, -0.2) is 13.4 Å². The third-order valence-electron chi connectivity index (χ3n) is 8.05. The predicted molar refractivity (Wildman–Crippen MR) is 180 cm³/mol. The van der Waals surface area contributed by atoms with Gasteiger partial charge in [-0.15, -0.1) is 10.1 Å². The Bertz CT molecular complexity index is 1730. The molecule has 0 amide bonds. The Morgan fingerprint density at radius 3 is 2.51 bits per heavy atom. The number of H-pyrrole nitrogens is 1. The second-order valence-electron chi connectivity index (χ2n) is 11.5. The first-order chi connectivity index (χ1) is 23.6. The molecule has 0 aliphatic carbocycles. The Morgan fingerprint density at radius 2 is 1.82 bits per heavy atom. The maximum atomic E-state index is 13.8. The van der Waals surface area contributed by atoms with E-state index in [2.05, 4.69) is 16.7 Å². The molecule has 0 saturated carbocycles. The average Bonchev–Trinajstić information content (AvgIpc) is 3.45. The number of ether oxygens (including phenoxy) is 3. The minimum absolute atomic E-state index is 0.0506. The number of carbonyl (C=O) groups is 1. The van der Waals surface area contributed by atoms with Crippen molar-refractivity contribution in [2.75, 3.05) is 65.8 Å². The molecule has 1 aliphatic rings. The van der Waals surface area contributed by atoms with Crippen molar-refractivity contribution in [1.29, 1.82) is 0 Å². The number of fused-ring (bicyclic) bond motifs is 1. The Balaban J connectivity index is 1.38. The number of sulfonamides is 1. The number of hydrogen-bond acceptors (Lipinski definition) is 12. The van der Waals surface area contributed by atoms with E-state index in [0.717, 1.165) is 24.8 Å². The Morgan fingerprint density at radius 1 is 1.04 bits per heavy atom. The molecule has 4 rings (SSSR count). The van der Waals surface area contributed by atoms with Crippen LogP contribution in [0, 0.1) is 10.1 Å². The van der Waals surface area contributed by atoms with E-state index in [1.165, 1.54) is 16.4 Å². The monoisotopic (exact) mass is 706 g/mol. The van der Waals surface area contributed by atoms with Gasteiger partial charge in [-0.2, -0.15) is 4.31 Å². The molecule has 49 heavy (non-hydrogen) atoms. The minimum Gasteiger partial charge on any atom is -0.493 e. The van der Waals surface area contributed by atoms with E-state index in [0.29, 0.717) is 61.6 Å². The highest BCUT2D eigenvalue weighted by atomic mass is 32.2. The number of piperazine rings is 1. The standard InChI is InChI=1S/C32H46N6O10S/c1-4-8-24-23-36(6-3)30-29(24)33-31(34-32(30)40)26-22-25(9-10-27(26)46-17-5-2)49(43,44)37-14-12-35(13-15-37)16-21-47-28(39)11-20-45-18-7-19-48-38(41)42/h9-10,22-23H,4-8,11-21H2,1-3H3,(H,33,34,40). The maximum Gasteiger partial charge on any atom is 0.308 e. The number of aromatic amines is 1. The molecule has 16 nitrogen and oxygen atoms in total. The highest BCUT2D eigenvalue weighted by molar-refractivity contribution is 7.89. The Labute approximate surface area is 285 Å². The molecule has 1 saturated heterocycles. The first-order valence-corrected chi connectivity index (χ1v) is 18.1. The number of rotatable bonds is 20. The van der Waals surface area contributed by atoms with Crippen LogP contribution in [-0.2, 0) is 42.1 Å². The van der Waals surface area contributed by atoms with Gasteiger partial charge in [-0.3, -0.25) is 14.5 Å². The first kappa shape index (κ1) is 37.8. The number of nitrogens with one attached hydrogen (secondary N) is 1. The predicted octanol–water partition coefficient (Wildman–Crippen LogP) is 3.01. The third kappa shape index (κ3) is 9.99. The summed E-state index contributed by atoms with van der Waals surface area (Å²) in [4.78, 5) is 49.5. The summed E-state index contributed by atoms with van der Waals surface area (Å²) in [6.45, 7) is 9.34. The van der Waals surface area contributed by atoms with Crippen LogP contribution in [0.5, 0.6) is 5.75 Å². The van der Waals surface area contributed by atoms with Crippen molar-refractivity contribution in [3.8, 4) is 17.1 Å². The van der Waals surface area contributed by atoms with Crippen molar-refractivity contribution in [2.45, 2.75) is 64.3 Å². The summed E-state index contributed by atoms with van der Waals surface area (Å²) in [5.41, 5.74) is 2.15. The average molecular weight is 707 g/mol. The van der Waals surface area contributed by atoms with Crippen LogP contribution < -0.4 is 10.3 Å². The van der Waals surface area contributed by atoms with E-state index in [1.54, 1.807) is 6.07 Å². The van der Waals surface area contributed by atoms with Crippen molar-refractivity contribution in [2.24, 2.45) is 0 Å². The molecule has 0 atom stereocenters. The fourth-order valence-corrected chi connectivity index (χ4v) is 7.00. The molecule has 270 valence electrons. The molecule has 3 aromatic rings. The van der Waals surface area contributed by atoms with Gasteiger partial charge in [0.1, 0.15) is 23.7 Å². The summed E-state index contributed by atoms with van der Waals surface area (Å²) < 4.78 is 47.5. The fourth-order valence-electron chi connectivity index (χ4n) is 5.55. The Hall–Kier alpha value is -4.06. The van der Waals surface area contributed by atoms with Gasteiger partial charge < -0.3 is 28.6 Å². The molecule has 1 N–H and O–H groups in total. The Kier molecular flexibility index (Phi) is 13.9. The number of esters is 1. The van der Waals surface area contributed by atoms with Gasteiger partial charge in [-0.05, 0) is 49.9 Å². The number of carbonyl (C=O) groups excluding carboxylic acids is 1. The fraction of sp³-hybridized carbons (Fsp3) is 0.594. The van der Waals surface area contributed by atoms with Crippen LogP contribution >= 0.6 is 0 Å². The lowest BCUT2D eigenvalue weighted by atomic mass is 10.1. The van der Waals surface area contributed by atoms with Crippen LogP contribution in [0.3, 0.4) is 0 Å². The van der Waals surface area contributed by atoms with Gasteiger partial charge in [0.25, 0.3) is 10.6 Å². The zero-order valence-corrected chi connectivity index (χ0v) is 29.2. The zero-order valence-electron chi connectivity index (χ0n) is 28.3. The molecule has 2 aromatic heterocycles. The summed E-state index contributed by atoms with van der Waals surface area (Å²) in [5.74, 6) is 0.257. The van der Waals surface area contributed by atoms with E-state index in [1.807, 2.05) is 29.5 Å². The summed E-state index contributed by atoms with van der Waals surface area (Å²) in [6, 6.07) is 4.66. The third-order valence-corrected chi connectivity index (χ3v) is 9.94. The molecular formula is C32H46N6O10S. The van der Waals surface area contributed by atoms with Crippen molar-refractivity contribution < 1.29 is 37.3 Å². The van der Waals surface area contributed by atoms with Gasteiger partial charge in [0.15, 0.2) is 0 Å². The van der Waals surface area contributed by atoms with Crippen molar-refractivity contribution in [1.82, 2.24) is 23.7 Å². The molecule has 17 heteroatoms. The van der Waals surface area contributed by atoms with Crippen LogP contribution in [0.1, 0.15) is 52.0 Å². The summed E-state index contributed by atoms with van der Waals surface area (Å²) in [7, 11) is -3.89. The molecular weight excluding hydrogens is 660 g/mol. The number of aromatic nitrogens is 3. The quantitative estimate of drug-likeness (QED) is 0.0784. The number of hydrogen-bond donors (Lipinski definition) is 1. The minimum atomic E-state index is -3.89. The van der Waals surface area contributed by atoms with Gasteiger partial charge in [-0.1, -0.05) is 20.3 Å². The van der Waals surface area contributed by atoms with Gasteiger partial charge >= 0.3 is 5.97 Å². The summed E-state index contributed by atoms with van der Waals surface area (Å²) >= 11 is 0. The molecule has 1 aromatic carbocycles. The van der Waals surface area contributed by atoms with E-state index < -0.39 is 21.1 Å². The van der Waals surface area contributed by atoms with Crippen molar-refractivity contribution in [3.63, 3.8) is 0 Å². The molecule has 1 aliphatic heterocycles. The first-order valence-electron chi connectivity index (χ1n) is 16.7. The summed E-state index contributed by atoms with van der Waals surface area (Å²) in [6.07, 6.45) is 4.72. The van der Waals surface area contributed by atoms with Crippen LogP contribution in [0.4, 0.5) is 0 Å². The number of nitrogens with zero attached hydrogens (tertiary/aromatic N) is 5. The van der Waals surface area contributed by atoms with Crippen LogP contribution in [0.2, 0.25) is 0 Å². The van der Waals surface area contributed by atoms with E-state index in [-0.39, 0.29) is 62.2 Å².